The maximum absolute atomic E-state index is 13.8. The number of nitrogens with zero attached hydrogens (tertiary/aromatic N) is 4. The zero-order valence-electron chi connectivity index (χ0n) is 21.5. The number of aliphatic carboxylic acids is 1. The van der Waals surface area contributed by atoms with Gasteiger partial charge in [-0.05, 0) is 75.6 Å². The van der Waals surface area contributed by atoms with Crippen LogP contribution < -0.4 is 10.2 Å². The van der Waals surface area contributed by atoms with Gasteiger partial charge < -0.3 is 20.2 Å². The van der Waals surface area contributed by atoms with Crippen molar-refractivity contribution >= 4 is 40.9 Å². The van der Waals surface area contributed by atoms with Crippen LogP contribution in [0, 0.1) is 17.3 Å². The first kappa shape index (κ1) is 27.3. The lowest BCUT2D eigenvalue weighted by atomic mass is 9.65. The smallest absolute Gasteiger partial charge is 0.309 e. The Morgan fingerprint density at radius 2 is 1.92 bits per heavy atom. The number of rotatable bonds is 8. The number of carboxylic acid groups (broad SMARTS) is 1. The van der Waals surface area contributed by atoms with E-state index in [4.69, 9.17) is 23.2 Å². The summed E-state index contributed by atoms with van der Waals surface area (Å²) in [7, 11) is 0. The lowest BCUT2D eigenvalue weighted by Gasteiger charge is -2.52. The number of piperidine rings is 1. The molecule has 3 heterocycles. The Morgan fingerprint density at radius 1 is 1.18 bits per heavy atom. The van der Waals surface area contributed by atoms with Crippen molar-refractivity contribution < 1.29 is 18.7 Å². The molecule has 1 aliphatic carbocycles. The Labute approximate surface area is 231 Å². The first-order valence-electron chi connectivity index (χ1n) is 13.1. The van der Waals surface area contributed by atoms with Gasteiger partial charge in [-0.3, -0.25) is 4.79 Å². The zero-order chi connectivity index (χ0) is 27.2. The molecule has 5 rings (SSSR count). The number of halogens is 4. The van der Waals surface area contributed by atoms with Crippen LogP contribution in [0.3, 0.4) is 0 Å². The summed E-state index contributed by atoms with van der Waals surface area (Å²) in [5.41, 5.74) is 0.0325. The fraction of sp³-hybridized carbons (Fsp3) is 0.593. The largest absolute Gasteiger partial charge is 0.481 e. The van der Waals surface area contributed by atoms with E-state index in [-0.39, 0.29) is 23.4 Å². The van der Waals surface area contributed by atoms with E-state index in [1.165, 1.54) is 6.20 Å². The Kier molecular flexibility index (Phi) is 7.73. The van der Waals surface area contributed by atoms with E-state index in [0.717, 1.165) is 31.5 Å². The lowest BCUT2D eigenvalue weighted by molar-refractivity contribution is -0.158. The van der Waals surface area contributed by atoms with E-state index in [9.17, 15) is 18.7 Å². The summed E-state index contributed by atoms with van der Waals surface area (Å²) < 4.78 is 27.7. The molecule has 2 aliphatic heterocycles. The highest BCUT2D eigenvalue weighted by molar-refractivity contribution is 6.35. The SMILES string of the molecule is CC(Nc1ncc(C(F)F)c(N2CC([C@H]3CCCN(C4CC(C)(C(=O)O)C4)C3)C2)n1)c1ccc(Cl)cc1Cl. The first-order chi connectivity index (χ1) is 18.0. The van der Waals surface area contributed by atoms with E-state index >= 15 is 0 Å². The molecule has 1 unspecified atom stereocenters. The molecule has 1 saturated carbocycles. The second kappa shape index (κ2) is 10.7. The molecule has 2 saturated heterocycles. The molecular weight excluding hydrogens is 535 g/mol. The van der Waals surface area contributed by atoms with Gasteiger partial charge in [-0.1, -0.05) is 29.3 Å². The van der Waals surface area contributed by atoms with Crippen molar-refractivity contribution in [3.63, 3.8) is 0 Å². The van der Waals surface area contributed by atoms with Gasteiger partial charge in [0, 0.05) is 41.9 Å². The van der Waals surface area contributed by atoms with Gasteiger partial charge in [0.2, 0.25) is 5.95 Å². The van der Waals surface area contributed by atoms with Crippen LogP contribution in [0.15, 0.2) is 24.4 Å². The molecule has 38 heavy (non-hydrogen) atoms. The van der Waals surface area contributed by atoms with E-state index in [1.807, 2.05) is 24.8 Å². The molecule has 0 radical (unpaired) electrons. The molecule has 3 fully saturated rings. The highest BCUT2D eigenvalue weighted by Crippen LogP contribution is 2.45. The number of likely N-dealkylation sites (tertiary alicyclic amines) is 1. The minimum Gasteiger partial charge on any atom is -0.481 e. The number of anilines is 2. The van der Waals surface area contributed by atoms with Gasteiger partial charge >= 0.3 is 5.97 Å². The van der Waals surface area contributed by atoms with Gasteiger partial charge in [0.1, 0.15) is 5.82 Å². The van der Waals surface area contributed by atoms with Crippen LogP contribution in [0.25, 0.3) is 0 Å². The van der Waals surface area contributed by atoms with Gasteiger partial charge in [-0.15, -0.1) is 0 Å². The molecule has 0 amide bonds. The van der Waals surface area contributed by atoms with Crippen molar-refractivity contribution in [3.8, 4) is 0 Å². The van der Waals surface area contributed by atoms with Crippen LogP contribution in [0.5, 0.6) is 0 Å². The van der Waals surface area contributed by atoms with Crippen molar-refractivity contribution in [2.45, 2.75) is 58.0 Å². The molecule has 0 spiro atoms. The molecule has 2 aromatic rings. The van der Waals surface area contributed by atoms with E-state index < -0.39 is 17.8 Å². The number of aromatic nitrogens is 2. The Balaban J connectivity index is 1.22. The number of hydrogen-bond acceptors (Lipinski definition) is 6. The monoisotopic (exact) mass is 567 g/mol. The van der Waals surface area contributed by atoms with Gasteiger partial charge in [-0.2, -0.15) is 4.98 Å². The number of nitrogens with one attached hydrogen (secondary N) is 1. The Bertz CT molecular complexity index is 1190. The normalized spacial score (nSPS) is 27.1. The highest BCUT2D eigenvalue weighted by atomic mass is 35.5. The maximum Gasteiger partial charge on any atom is 0.309 e. The van der Waals surface area contributed by atoms with Gasteiger partial charge in [0.05, 0.1) is 17.0 Å². The van der Waals surface area contributed by atoms with Crippen LogP contribution in [0.2, 0.25) is 10.0 Å². The molecule has 206 valence electrons. The summed E-state index contributed by atoms with van der Waals surface area (Å²) in [6.45, 7) is 7.01. The summed E-state index contributed by atoms with van der Waals surface area (Å²) in [4.78, 5) is 24.5. The van der Waals surface area contributed by atoms with E-state index in [2.05, 4.69) is 20.2 Å². The van der Waals surface area contributed by atoms with Crippen LogP contribution >= 0.6 is 23.2 Å². The summed E-state index contributed by atoms with van der Waals surface area (Å²) in [5.74, 6) is 0.690. The van der Waals surface area contributed by atoms with Crippen LogP contribution in [0.1, 0.15) is 63.1 Å². The molecule has 11 heteroatoms. The van der Waals surface area contributed by atoms with Crippen molar-refractivity contribution in [2.75, 3.05) is 36.4 Å². The second-order valence-corrected chi connectivity index (χ2v) is 12.1. The van der Waals surface area contributed by atoms with Crippen molar-refractivity contribution in [2.24, 2.45) is 17.3 Å². The molecule has 3 aliphatic rings. The summed E-state index contributed by atoms with van der Waals surface area (Å²) in [6, 6.07) is 5.29. The van der Waals surface area contributed by atoms with Crippen LogP contribution in [-0.4, -0.2) is 58.2 Å². The number of hydrogen-bond donors (Lipinski definition) is 2. The lowest BCUT2D eigenvalue weighted by Crippen LogP contribution is -2.58. The zero-order valence-corrected chi connectivity index (χ0v) is 23.0. The quantitative estimate of drug-likeness (QED) is 0.387. The Morgan fingerprint density at radius 3 is 2.58 bits per heavy atom. The second-order valence-electron chi connectivity index (χ2n) is 11.3. The first-order valence-corrected chi connectivity index (χ1v) is 13.9. The van der Waals surface area contributed by atoms with E-state index in [1.54, 1.807) is 12.1 Å². The minimum atomic E-state index is -2.67. The highest BCUT2D eigenvalue weighted by Gasteiger charge is 2.49. The van der Waals surface area contributed by atoms with Gasteiger partial charge in [0.25, 0.3) is 6.43 Å². The third-order valence-corrected chi connectivity index (χ3v) is 9.14. The number of alkyl halides is 2. The topological polar surface area (TPSA) is 81.6 Å². The molecule has 1 aromatic heterocycles. The van der Waals surface area contributed by atoms with Crippen molar-refractivity contribution in [3.05, 3.63) is 45.6 Å². The van der Waals surface area contributed by atoms with Crippen LogP contribution in [0.4, 0.5) is 20.5 Å². The number of benzene rings is 1. The molecule has 7 nitrogen and oxygen atoms in total. The number of carboxylic acids is 1. The predicted octanol–water partition coefficient (Wildman–Crippen LogP) is 6.30. The van der Waals surface area contributed by atoms with Crippen molar-refractivity contribution in [1.29, 1.82) is 0 Å². The summed E-state index contributed by atoms with van der Waals surface area (Å²) in [5, 5.41) is 13.7. The maximum atomic E-state index is 13.8. The Hall–Kier alpha value is -2.23. The van der Waals surface area contributed by atoms with Crippen molar-refractivity contribution in [1.82, 2.24) is 14.9 Å². The fourth-order valence-corrected chi connectivity index (χ4v) is 6.71. The third-order valence-electron chi connectivity index (χ3n) is 8.58. The molecular formula is C27H33Cl2F2N5O2. The molecule has 1 aromatic carbocycles. The number of carbonyl (C=O) groups is 1. The third kappa shape index (κ3) is 5.42. The van der Waals surface area contributed by atoms with E-state index in [0.29, 0.717) is 53.9 Å². The van der Waals surface area contributed by atoms with Gasteiger partial charge in [0.15, 0.2) is 0 Å². The average molecular weight is 568 g/mol. The average Bonchev–Trinajstić information content (AvgIpc) is 2.81. The summed E-state index contributed by atoms with van der Waals surface area (Å²) >= 11 is 12.3. The predicted molar refractivity (Wildman–Crippen MR) is 144 cm³/mol. The molecule has 0 bridgehead atoms. The van der Waals surface area contributed by atoms with Gasteiger partial charge in [-0.25, -0.2) is 13.8 Å². The molecule has 2 N–H and O–H groups in total. The van der Waals surface area contributed by atoms with Crippen LogP contribution in [-0.2, 0) is 4.79 Å². The summed E-state index contributed by atoms with van der Waals surface area (Å²) in [6.07, 6.45) is 2.11. The minimum absolute atomic E-state index is 0.168. The molecule has 2 atom stereocenters. The standard InChI is InChI=1S/C27H33Cl2F2N5O2/c1-15(20-6-5-18(28)8-22(20)29)33-26-32-11-21(23(30)31)24(34-26)36-13-17(14-36)16-4-3-7-35(12-16)19-9-27(2,10-19)25(37)38/h5-6,8,11,15-17,19,23H,3-4,7,9-10,12-14H2,1-2H3,(H,37,38)(H,32,33,34)/t15?,16-,19?,27?/m0/s1. The fourth-order valence-electron chi connectivity index (χ4n) is 6.14.